The number of nitrogens with zero attached hydrogens (tertiary/aromatic N) is 4. The van der Waals surface area contributed by atoms with Crippen LogP contribution >= 0.6 is 0 Å². The van der Waals surface area contributed by atoms with E-state index in [1.807, 2.05) is 12.1 Å². The van der Waals surface area contributed by atoms with Gasteiger partial charge in [-0.3, -0.25) is 14.9 Å². The van der Waals surface area contributed by atoms with E-state index in [0.29, 0.717) is 18.2 Å². The normalized spacial score (nSPS) is 10.9. The number of carbonyl (C=O) groups is 1. The number of aromatic amines is 1. The van der Waals surface area contributed by atoms with Crippen molar-refractivity contribution in [3.63, 3.8) is 0 Å². The highest BCUT2D eigenvalue weighted by Crippen LogP contribution is 2.12. The Morgan fingerprint density at radius 2 is 2.00 bits per heavy atom. The van der Waals surface area contributed by atoms with Gasteiger partial charge in [-0.2, -0.15) is 5.10 Å². The summed E-state index contributed by atoms with van der Waals surface area (Å²) >= 11 is 0. The van der Waals surface area contributed by atoms with Crippen molar-refractivity contribution in [2.75, 3.05) is 26.2 Å². The maximum absolute atomic E-state index is 11.9. The summed E-state index contributed by atoms with van der Waals surface area (Å²) in [5, 5.41) is 9.83. The third kappa shape index (κ3) is 4.63. The van der Waals surface area contributed by atoms with Gasteiger partial charge in [0, 0.05) is 31.0 Å². The summed E-state index contributed by atoms with van der Waals surface area (Å²) in [6, 6.07) is 3.66. The summed E-state index contributed by atoms with van der Waals surface area (Å²) in [7, 11) is 0. The van der Waals surface area contributed by atoms with Gasteiger partial charge in [-0.1, -0.05) is 13.8 Å². The lowest BCUT2D eigenvalue weighted by Gasteiger charge is -2.17. The van der Waals surface area contributed by atoms with Crippen LogP contribution in [0.2, 0.25) is 0 Å². The molecular formula is C15H22N6O. The van der Waals surface area contributed by atoms with Crippen molar-refractivity contribution in [1.29, 1.82) is 0 Å². The number of aromatic nitrogens is 4. The highest BCUT2D eigenvalue weighted by molar-refractivity contribution is 5.77. The SMILES string of the molecule is CCN(CC)CCNC(=O)Cc1nc(-c2ccncc2)n[nH]1. The van der Waals surface area contributed by atoms with Crippen LogP contribution in [0, 0.1) is 0 Å². The van der Waals surface area contributed by atoms with Crippen LogP contribution in [0.25, 0.3) is 11.4 Å². The van der Waals surface area contributed by atoms with E-state index in [9.17, 15) is 4.79 Å². The van der Waals surface area contributed by atoms with E-state index in [1.165, 1.54) is 0 Å². The topological polar surface area (TPSA) is 86.8 Å². The summed E-state index contributed by atoms with van der Waals surface area (Å²) in [4.78, 5) is 22.4. The molecule has 2 aromatic rings. The molecule has 2 aromatic heterocycles. The number of rotatable bonds is 8. The minimum absolute atomic E-state index is 0.0513. The van der Waals surface area contributed by atoms with Crippen LogP contribution in [-0.4, -0.2) is 57.2 Å². The highest BCUT2D eigenvalue weighted by Gasteiger charge is 2.10. The number of amides is 1. The van der Waals surface area contributed by atoms with Crippen LogP contribution in [0.15, 0.2) is 24.5 Å². The summed E-state index contributed by atoms with van der Waals surface area (Å²) in [6.07, 6.45) is 3.58. The van der Waals surface area contributed by atoms with Gasteiger partial charge in [0.15, 0.2) is 5.82 Å². The highest BCUT2D eigenvalue weighted by atomic mass is 16.1. The second-order valence-electron chi connectivity index (χ2n) is 4.90. The number of nitrogens with one attached hydrogen (secondary N) is 2. The Morgan fingerprint density at radius 3 is 2.68 bits per heavy atom. The van der Waals surface area contributed by atoms with E-state index in [2.05, 4.69) is 44.2 Å². The number of hydrogen-bond acceptors (Lipinski definition) is 5. The molecule has 0 unspecified atom stereocenters. The molecule has 0 spiro atoms. The summed E-state index contributed by atoms with van der Waals surface area (Å²) < 4.78 is 0. The molecule has 0 fully saturated rings. The predicted octanol–water partition coefficient (Wildman–Crippen LogP) is 0.867. The second-order valence-corrected chi connectivity index (χ2v) is 4.90. The molecule has 2 heterocycles. The van der Waals surface area contributed by atoms with Crippen molar-refractivity contribution < 1.29 is 4.79 Å². The Labute approximate surface area is 130 Å². The zero-order valence-corrected chi connectivity index (χ0v) is 13.0. The van der Waals surface area contributed by atoms with Crippen LogP contribution in [0.4, 0.5) is 0 Å². The lowest BCUT2D eigenvalue weighted by molar-refractivity contribution is -0.120. The van der Waals surface area contributed by atoms with E-state index in [1.54, 1.807) is 12.4 Å². The molecule has 0 aromatic carbocycles. The molecule has 0 radical (unpaired) electrons. The molecule has 0 aliphatic rings. The van der Waals surface area contributed by atoms with Gasteiger partial charge in [-0.05, 0) is 25.2 Å². The number of pyridine rings is 1. The zero-order chi connectivity index (χ0) is 15.8. The second kappa shape index (κ2) is 8.23. The van der Waals surface area contributed by atoms with Crippen LogP contribution in [-0.2, 0) is 11.2 Å². The first-order chi connectivity index (χ1) is 10.7. The Hall–Kier alpha value is -2.28. The maximum atomic E-state index is 11.9. The van der Waals surface area contributed by atoms with Crippen LogP contribution in [0.5, 0.6) is 0 Å². The lowest BCUT2D eigenvalue weighted by atomic mass is 10.2. The largest absolute Gasteiger partial charge is 0.354 e. The Balaban J connectivity index is 1.81. The van der Waals surface area contributed by atoms with Crippen LogP contribution in [0.1, 0.15) is 19.7 Å². The first kappa shape index (κ1) is 16.1. The number of carbonyl (C=O) groups excluding carboxylic acids is 1. The van der Waals surface area contributed by atoms with Gasteiger partial charge in [0.05, 0.1) is 6.42 Å². The summed E-state index contributed by atoms with van der Waals surface area (Å²) in [5.74, 6) is 1.09. The minimum atomic E-state index is -0.0513. The average Bonchev–Trinajstić information content (AvgIpc) is 3.01. The van der Waals surface area contributed by atoms with Gasteiger partial charge in [0.1, 0.15) is 5.82 Å². The fraction of sp³-hybridized carbons (Fsp3) is 0.467. The molecule has 0 aliphatic heterocycles. The van der Waals surface area contributed by atoms with Crippen molar-refractivity contribution in [3.8, 4) is 11.4 Å². The van der Waals surface area contributed by atoms with Gasteiger partial charge in [-0.25, -0.2) is 4.98 Å². The van der Waals surface area contributed by atoms with Gasteiger partial charge in [0.25, 0.3) is 0 Å². The Kier molecular flexibility index (Phi) is 6.02. The van der Waals surface area contributed by atoms with E-state index >= 15 is 0 Å². The monoisotopic (exact) mass is 302 g/mol. The van der Waals surface area contributed by atoms with Crippen molar-refractivity contribution >= 4 is 5.91 Å². The first-order valence-corrected chi connectivity index (χ1v) is 7.53. The molecule has 2 rings (SSSR count). The van der Waals surface area contributed by atoms with E-state index in [0.717, 1.165) is 25.2 Å². The number of hydrogen-bond donors (Lipinski definition) is 2. The van der Waals surface area contributed by atoms with Gasteiger partial charge in [0.2, 0.25) is 5.91 Å². The maximum Gasteiger partial charge on any atom is 0.227 e. The van der Waals surface area contributed by atoms with E-state index in [-0.39, 0.29) is 12.3 Å². The fourth-order valence-corrected chi connectivity index (χ4v) is 2.11. The molecular weight excluding hydrogens is 280 g/mol. The molecule has 118 valence electrons. The minimum Gasteiger partial charge on any atom is -0.354 e. The third-order valence-corrected chi connectivity index (χ3v) is 3.44. The Morgan fingerprint density at radius 1 is 1.27 bits per heavy atom. The van der Waals surface area contributed by atoms with Gasteiger partial charge < -0.3 is 10.2 Å². The smallest absolute Gasteiger partial charge is 0.227 e. The molecule has 22 heavy (non-hydrogen) atoms. The molecule has 7 nitrogen and oxygen atoms in total. The molecule has 1 amide bonds. The van der Waals surface area contributed by atoms with Gasteiger partial charge in [-0.15, -0.1) is 0 Å². The molecule has 0 saturated heterocycles. The van der Waals surface area contributed by atoms with Crippen LogP contribution < -0.4 is 5.32 Å². The molecule has 0 bridgehead atoms. The molecule has 0 saturated carbocycles. The average molecular weight is 302 g/mol. The summed E-state index contributed by atoms with van der Waals surface area (Å²) in [5.41, 5.74) is 0.874. The van der Waals surface area contributed by atoms with Gasteiger partial charge >= 0.3 is 0 Å². The molecule has 0 atom stereocenters. The molecule has 0 aliphatic carbocycles. The fourth-order valence-electron chi connectivity index (χ4n) is 2.11. The standard InChI is InChI=1S/C15H22N6O/c1-3-21(4-2)10-9-17-14(22)11-13-18-15(20-19-13)12-5-7-16-8-6-12/h5-8H,3-4,9-11H2,1-2H3,(H,17,22)(H,18,19,20). The first-order valence-electron chi connectivity index (χ1n) is 7.53. The Bertz CT molecular complexity index is 579. The lowest BCUT2D eigenvalue weighted by Crippen LogP contribution is -2.35. The van der Waals surface area contributed by atoms with Crippen molar-refractivity contribution in [1.82, 2.24) is 30.4 Å². The third-order valence-electron chi connectivity index (χ3n) is 3.44. The van der Waals surface area contributed by atoms with Crippen molar-refractivity contribution in [3.05, 3.63) is 30.4 Å². The number of H-pyrrole nitrogens is 1. The van der Waals surface area contributed by atoms with E-state index in [4.69, 9.17) is 0 Å². The van der Waals surface area contributed by atoms with E-state index < -0.39 is 0 Å². The summed E-state index contributed by atoms with van der Waals surface area (Å²) in [6.45, 7) is 7.71. The number of likely N-dealkylation sites (N-methyl/N-ethyl adjacent to an activating group) is 1. The zero-order valence-electron chi connectivity index (χ0n) is 13.0. The van der Waals surface area contributed by atoms with Crippen molar-refractivity contribution in [2.24, 2.45) is 0 Å². The predicted molar refractivity (Wildman–Crippen MR) is 84.1 cm³/mol. The van der Waals surface area contributed by atoms with Crippen molar-refractivity contribution in [2.45, 2.75) is 20.3 Å². The van der Waals surface area contributed by atoms with Crippen LogP contribution in [0.3, 0.4) is 0 Å². The molecule has 2 N–H and O–H groups in total. The molecule has 7 heteroatoms. The quantitative estimate of drug-likeness (QED) is 0.755.